The minimum absolute atomic E-state index is 0.0797. The van der Waals surface area contributed by atoms with Crippen LogP contribution in [0.2, 0.25) is 5.02 Å². The lowest BCUT2D eigenvalue weighted by molar-refractivity contribution is -0.131. The second-order valence-electron chi connectivity index (χ2n) is 5.89. The Kier molecular flexibility index (Phi) is 6.72. The smallest absolute Gasteiger partial charge is 0.244 e. The van der Waals surface area contributed by atoms with E-state index in [-0.39, 0.29) is 24.1 Å². The van der Waals surface area contributed by atoms with Gasteiger partial charge in [-0.05, 0) is 24.3 Å². The zero-order valence-corrected chi connectivity index (χ0v) is 16.6. The van der Waals surface area contributed by atoms with Gasteiger partial charge in [-0.3, -0.25) is 9.59 Å². The first-order valence-electron chi connectivity index (χ1n) is 8.34. The molecule has 146 valence electrons. The molecule has 1 N–H and O–H groups in total. The van der Waals surface area contributed by atoms with Gasteiger partial charge < -0.3 is 19.2 Å². The molecule has 0 saturated carbocycles. The highest BCUT2D eigenvalue weighted by molar-refractivity contribution is 7.99. The largest absolute Gasteiger partial charge is 0.467 e. The van der Waals surface area contributed by atoms with Gasteiger partial charge >= 0.3 is 0 Å². The Balaban J connectivity index is 1.49. The number of carbonyl (C=O) groups is 2. The maximum Gasteiger partial charge on any atom is 0.244 e. The van der Waals surface area contributed by atoms with Crippen molar-refractivity contribution in [3.8, 4) is 0 Å². The second kappa shape index (κ2) is 9.43. The van der Waals surface area contributed by atoms with E-state index < -0.39 is 0 Å². The Labute approximate surface area is 170 Å². The van der Waals surface area contributed by atoms with Crippen LogP contribution in [0.1, 0.15) is 5.76 Å². The van der Waals surface area contributed by atoms with E-state index in [0.29, 0.717) is 22.4 Å². The van der Waals surface area contributed by atoms with E-state index in [1.165, 1.54) is 16.7 Å². The van der Waals surface area contributed by atoms with Crippen molar-refractivity contribution >= 4 is 40.9 Å². The number of likely N-dealkylation sites (N-methyl/N-ethyl adjacent to an activating group) is 1. The summed E-state index contributed by atoms with van der Waals surface area (Å²) in [5.41, 5.74) is 0.510. The molecule has 3 rings (SSSR count). The standard InChI is InChI=1S/C18H18ClN5O3S/c1-23(10-16(25)21-15-7-3-2-6-14(15)19)17(26)11-28-18-22-20-12-24(18)9-13-5-4-8-27-13/h2-8,12H,9-11H2,1H3,(H,21,25). The van der Waals surface area contributed by atoms with Crippen LogP contribution >= 0.6 is 23.4 Å². The molecule has 0 saturated heterocycles. The Morgan fingerprint density at radius 3 is 2.86 bits per heavy atom. The number of aromatic nitrogens is 3. The summed E-state index contributed by atoms with van der Waals surface area (Å²) in [7, 11) is 1.57. The molecule has 0 aliphatic rings. The molecule has 0 radical (unpaired) electrons. The number of hydrogen-bond acceptors (Lipinski definition) is 6. The fourth-order valence-corrected chi connectivity index (χ4v) is 3.37. The third-order valence-corrected chi connectivity index (χ3v) is 5.06. The fraction of sp³-hybridized carbons (Fsp3) is 0.222. The third-order valence-electron chi connectivity index (χ3n) is 3.77. The number of benzene rings is 1. The maximum atomic E-state index is 12.3. The fourth-order valence-electron chi connectivity index (χ4n) is 2.33. The molecule has 0 bridgehead atoms. The number of thioether (sulfide) groups is 1. The van der Waals surface area contributed by atoms with Crippen LogP contribution < -0.4 is 5.32 Å². The summed E-state index contributed by atoms with van der Waals surface area (Å²) in [5, 5.41) is 11.6. The van der Waals surface area contributed by atoms with E-state index in [0.717, 1.165) is 5.76 Å². The highest BCUT2D eigenvalue weighted by Crippen LogP contribution is 2.20. The van der Waals surface area contributed by atoms with Gasteiger partial charge in [-0.2, -0.15) is 0 Å². The number of furan rings is 1. The summed E-state index contributed by atoms with van der Waals surface area (Å²) >= 11 is 7.27. The van der Waals surface area contributed by atoms with Crippen LogP contribution in [-0.2, 0) is 16.1 Å². The lowest BCUT2D eigenvalue weighted by Crippen LogP contribution is -2.36. The number of hydrogen-bond donors (Lipinski definition) is 1. The first kappa shape index (κ1) is 20.0. The van der Waals surface area contributed by atoms with Crippen molar-refractivity contribution in [1.82, 2.24) is 19.7 Å². The van der Waals surface area contributed by atoms with E-state index in [4.69, 9.17) is 16.0 Å². The molecular formula is C18H18ClN5O3S. The normalized spacial score (nSPS) is 10.6. The van der Waals surface area contributed by atoms with E-state index in [1.54, 1.807) is 54.5 Å². The molecule has 2 heterocycles. The van der Waals surface area contributed by atoms with Gasteiger partial charge in [-0.25, -0.2) is 0 Å². The van der Waals surface area contributed by atoms with Crippen molar-refractivity contribution in [1.29, 1.82) is 0 Å². The van der Waals surface area contributed by atoms with E-state index in [9.17, 15) is 9.59 Å². The Morgan fingerprint density at radius 1 is 1.29 bits per heavy atom. The number of halogens is 1. The molecule has 0 aliphatic heterocycles. The quantitative estimate of drug-likeness (QED) is 0.564. The monoisotopic (exact) mass is 419 g/mol. The highest BCUT2D eigenvalue weighted by atomic mass is 35.5. The molecule has 0 spiro atoms. The van der Waals surface area contributed by atoms with Crippen molar-refractivity contribution in [2.45, 2.75) is 11.7 Å². The van der Waals surface area contributed by atoms with Gasteiger partial charge in [0.25, 0.3) is 0 Å². The van der Waals surface area contributed by atoms with Gasteiger partial charge in [0.05, 0.1) is 35.8 Å². The summed E-state index contributed by atoms with van der Waals surface area (Å²) in [6, 6.07) is 10.6. The van der Waals surface area contributed by atoms with Crippen LogP contribution in [0.3, 0.4) is 0 Å². The Bertz CT molecular complexity index is 944. The topological polar surface area (TPSA) is 93.3 Å². The second-order valence-corrected chi connectivity index (χ2v) is 7.24. The number of amides is 2. The molecule has 0 aliphatic carbocycles. The van der Waals surface area contributed by atoms with Crippen molar-refractivity contribution in [2.75, 3.05) is 24.7 Å². The van der Waals surface area contributed by atoms with Gasteiger partial charge in [0, 0.05) is 7.05 Å². The summed E-state index contributed by atoms with van der Waals surface area (Å²) in [5.74, 6) is 0.371. The van der Waals surface area contributed by atoms with Gasteiger partial charge in [0.2, 0.25) is 11.8 Å². The number of nitrogens with one attached hydrogen (secondary N) is 1. The molecule has 2 amide bonds. The van der Waals surface area contributed by atoms with Crippen LogP contribution in [0.5, 0.6) is 0 Å². The van der Waals surface area contributed by atoms with Crippen LogP contribution in [0.15, 0.2) is 58.6 Å². The number of rotatable bonds is 8. The molecule has 2 aromatic heterocycles. The van der Waals surface area contributed by atoms with Crippen molar-refractivity contribution in [3.05, 3.63) is 59.8 Å². The third kappa shape index (κ3) is 5.37. The molecule has 0 unspecified atom stereocenters. The molecule has 0 atom stereocenters. The number of carbonyl (C=O) groups excluding carboxylic acids is 2. The predicted molar refractivity (Wildman–Crippen MR) is 106 cm³/mol. The zero-order chi connectivity index (χ0) is 19.9. The zero-order valence-electron chi connectivity index (χ0n) is 15.0. The van der Waals surface area contributed by atoms with Crippen LogP contribution in [0, 0.1) is 0 Å². The van der Waals surface area contributed by atoms with Crippen molar-refractivity contribution in [3.63, 3.8) is 0 Å². The minimum atomic E-state index is -0.324. The predicted octanol–water partition coefficient (Wildman–Crippen LogP) is 2.76. The van der Waals surface area contributed by atoms with Crippen molar-refractivity contribution < 1.29 is 14.0 Å². The van der Waals surface area contributed by atoms with Crippen LogP contribution in [0.25, 0.3) is 0 Å². The average molecular weight is 420 g/mol. The first-order valence-corrected chi connectivity index (χ1v) is 9.70. The van der Waals surface area contributed by atoms with E-state index >= 15 is 0 Å². The Morgan fingerprint density at radius 2 is 2.11 bits per heavy atom. The van der Waals surface area contributed by atoms with E-state index in [1.807, 2.05) is 6.07 Å². The SMILES string of the molecule is CN(CC(=O)Nc1ccccc1Cl)C(=O)CSc1nncn1Cc1ccco1. The Hall–Kier alpha value is -2.78. The first-order chi connectivity index (χ1) is 13.5. The van der Waals surface area contributed by atoms with Crippen LogP contribution in [0.4, 0.5) is 5.69 Å². The lowest BCUT2D eigenvalue weighted by Gasteiger charge is -2.17. The number of para-hydroxylation sites is 1. The van der Waals surface area contributed by atoms with E-state index in [2.05, 4.69) is 15.5 Å². The average Bonchev–Trinajstić information content (AvgIpc) is 3.34. The summed E-state index contributed by atoms with van der Waals surface area (Å²) in [4.78, 5) is 25.8. The van der Waals surface area contributed by atoms with Gasteiger partial charge in [-0.1, -0.05) is 35.5 Å². The van der Waals surface area contributed by atoms with Gasteiger partial charge in [-0.15, -0.1) is 10.2 Å². The minimum Gasteiger partial charge on any atom is -0.467 e. The summed E-state index contributed by atoms with van der Waals surface area (Å²) in [6.45, 7) is 0.399. The molecule has 1 aromatic carbocycles. The van der Waals surface area contributed by atoms with Gasteiger partial charge in [0.1, 0.15) is 12.1 Å². The summed E-state index contributed by atoms with van der Waals surface area (Å²) in [6.07, 6.45) is 3.18. The molecule has 3 aromatic rings. The highest BCUT2D eigenvalue weighted by Gasteiger charge is 2.16. The molecule has 10 heteroatoms. The lowest BCUT2D eigenvalue weighted by atomic mass is 10.3. The number of nitrogens with zero attached hydrogens (tertiary/aromatic N) is 4. The number of anilines is 1. The molecule has 0 fully saturated rings. The molecular weight excluding hydrogens is 402 g/mol. The van der Waals surface area contributed by atoms with Gasteiger partial charge in [0.15, 0.2) is 5.16 Å². The summed E-state index contributed by atoms with van der Waals surface area (Å²) < 4.78 is 7.10. The van der Waals surface area contributed by atoms with Crippen LogP contribution in [-0.4, -0.2) is 50.8 Å². The maximum absolute atomic E-state index is 12.3. The molecule has 28 heavy (non-hydrogen) atoms. The molecule has 8 nitrogen and oxygen atoms in total. The van der Waals surface area contributed by atoms with Crippen molar-refractivity contribution in [2.24, 2.45) is 0 Å².